The van der Waals surface area contributed by atoms with Crippen molar-refractivity contribution >= 4 is 17.5 Å². The van der Waals surface area contributed by atoms with Gasteiger partial charge in [-0.1, -0.05) is 67.6 Å². The van der Waals surface area contributed by atoms with Crippen LogP contribution in [-0.2, 0) is 6.42 Å². The number of hydrogen-bond donors (Lipinski definition) is 1. The van der Waals surface area contributed by atoms with E-state index in [9.17, 15) is 0 Å². The molecular formula is C16H21ClN2O. The third-order valence-electron chi connectivity index (χ3n) is 3.45. The first kappa shape index (κ1) is 14.9. The molecule has 1 aromatic carbocycles. The smallest absolute Gasteiger partial charge is 0.230 e. The molecular weight excluding hydrogens is 272 g/mol. The zero-order valence-electron chi connectivity index (χ0n) is 11.9. The van der Waals surface area contributed by atoms with Crippen LogP contribution < -0.4 is 5.73 Å². The van der Waals surface area contributed by atoms with Gasteiger partial charge in [-0.3, -0.25) is 0 Å². The van der Waals surface area contributed by atoms with Gasteiger partial charge in [-0.05, 0) is 18.9 Å². The van der Waals surface area contributed by atoms with Crippen LogP contribution in [0, 0.1) is 0 Å². The lowest BCUT2D eigenvalue weighted by atomic mass is 10.0. The normalized spacial score (nSPS) is 10.9. The second-order valence-electron chi connectivity index (χ2n) is 5.01. The first-order chi connectivity index (χ1) is 9.74. The average Bonchev–Trinajstić information content (AvgIpc) is 2.80. The highest BCUT2D eigenvalue weighted by Gasteiger charge is 2.17. The number of benzene rings is 1. The van der Waals surface area contributed by atoms with Crippen molar-refractivity contribution in [2.24, 2.45) is 0 Å². The molecule has 0 radical (unpaired) electrons. The molecule has 3 nitrogen and oxygen atoms in total. The Labute approximate surface area is 125 Å². The number of anilines is 1. The summed E-state index contributed by atoms with van der Waals surface area (Å²) in [7, 11) is 0. The molecule has 1 heterocycles. The second-order valence-corrected chi connectivity index (χ2v) is 5.42. The van der Waals surface area contributed by atoms with Gasteiger partial charge < -0.3 is 10.3 Å². The highest BCUT2D eigenvalue weighted by atomic mass is 35.5. The lowest BCUT2D eigenvalue weighted by Gasteiger charge is -2.05. The number of hydrogen-bond acceptors (Lipinski definition) is 3. The number of nitrogen functional groups attached to an aromatic ring is 1. The molecule has 0 spiro atoms. The van der Waals surface area contributed by atoms with Crippen molar-refractivity contribution in [3.63, 3.8) is 0 Å². The predicted octanol–water partition coefficient (Wildman–Crippen LogP) is 5.09. The Morgan fingerprint density at radius 1 is 1.15 bits per heavy atom. The quantitative estimate of drug-likeness (QED) is 0.723. The molecule has 108 valence electrons. The molecule has 4 heteroatoms. The van der Waals surface area contributed by atoms with Crippen LogP contribution >= 0.6 is 11.6 Å². The Hall–Kier alpha value is -1.48. The van der Waals surface area contributed by atoms with Crippen LogP contribution in [0.1, 0.15) is 44.7 Å². The van der Waals surface area contributed by atoms with Crippen molar-refractivity contribution in [3.8, 4) is 11.1 Å². The SMILES string of the molecule is CCCCCCCc1noc(N)c1-c1ccccc1Cl. The Morgan fingerprint density at radius 3 is 2.65 bits per heavy atom. The molecule has 0 atom stereocenters. The molecule has 0 aliphatic rings. The number of aryl methyl sites for hydroxylation is 1. The summed E-state index contributed by atoms with van der Waals surface area (Å²) in [5.41, 5.74) is 8.57. The first-order valence-corrected chi connectivity index (χ1v) is 7.60. The lowest BCUT2D eigenvalue weighted by Crippen LogP contribution is -1.92. The van der Waals surface area contributed by atoms with Crippen molar-refractivity contribution in [2.45, 2.75) is 45.4 Å². The zero-order valence-corrected chi connectivity index (χ0v) is 12.6. The minimum atomic E-state index is 0.349. The monoisotopic (exact) mass is 292 g/mol. The molecule has 0 aliphatic heterocycles. The largest absolute Gasteiger partial charge is 0.367 e. The van der Waals surface area contributed by atoms with E-state index < -0.39 is 0 Å². The maximum absolute atomic E-state index is 6.24. The number of halogens is 1. The number of unbranched alkanes of at least 4 members (excludes halogenated alkanes) is 4. The van der Waals surface area contributed by atoms with E-state index in [1.54, 1.807) is 0 Å². The topological polar surface area (TPSA) is 52.0 Å². The molecule has 0 saturated carbocycles. The van der Waals surface area contributed by atoms with Crippen molar-refractivity contribution in [1.29, 1.82) is 0 Å². The van der Waals surface area contributed by atoms with Gasteiger partial charge in [-0.2, -0.15) is 0 Å². The molecule has 0 fully saturated rings. The summed E-state index contributed by atoms with van der Waals surface area (Å²) in [4.78, 5) is 0. The van der Waals surface area contributed by atoms with Gasteiger partial charge in [-0.15, -0.1) is 0 Å². The van der Waals surface area contributed by atoms with Gasteiger partial charge in [-0.25, -0.2) is 0 Å². The Balaban J connectivity index is 2.10. The highest BCUT2D eigenvalue weighted by molar-refractivity contribution is 6.33. The van der Waals surface area contributed by atoms with Crippen LogP contribution in [0.15, 0.2) is 28.8 Å². The van der Waals surface area contributed by atoms with E-state index in [1.807, 2.05) is 24.3 Å². The van der Waals surface area contributed by atoms with Crippen LogP contribution in [0.3, 0.4) is 0 Å². The van der Waals surface area contributed by atoms with Gasteiger partial charge in [0, 0.05) is 10.6 Å². The van der Waals surface area contributed by atoms with Crippen molar-refractivity contribution in [1.82, 2.24) is 5.16 Å². The van der Waals surface area contributed by atoms with Gasteiger partial charge in [0.15, 0.2) is 0 Å². The minimum absolute atomic E-state index is 0.349. The molecule has 0 saturated heterocycles. The van der Waals surface area contributed by atoms with Crippen molar-refractivity contribution in [3.05, 3.63) is 35.0 Å². The summed E-state index contributed by atoms with van der Waals surface area (Å²) in [5.74, 6) is 0.349. The molecule has 2 N–H and O–H groups in total. The Bertz CT molecular complexity index is 551. The van der Waals surface area contributed by atoms with Crippen LogP contribution in [0.25, 0.3) is 11.1 Å². The van der Waals surface area contributed by atoms with Gasteiger partial charge in [0.05, 0.1) is 11.3 Å². The summed E-state index contributed by atoms with van der Waals surface area (Å²) >= 11 is 6.24. The average molecular weight is 293 g/mol. The minimum Gasteiger partial charge on any atom is -0.367 e. The van der Waals surface area contributed by atoms with E-state index in [-0.39, 0.29) is 0 Å². The standard InChI is InChI=1S/C16H21ClN2O/c1-2-3-4-5-6-11-14-15(16(18)20-19-14)12-9-7-8-10-13(12)17/h7-10H,2-6,11,18H2,1H3. The fourth-order valence-corrected chi connectivity index (χ4v) is 2.59. The van der Waals surface area contributed by atoms with Crippen LogP contribution in [0.5, 0.6) is 0 Å². The van der Waals surface area contributed by atoms with Crippen molar-refractivity contribution < 1.29 is 4.52 Å². The third-order valence-corrected chi connectivity index (χ3v) is 3.78. The van der Waals surface area contributed by atoms with Gasteiger partial charge >= 0.3 is 0 Å². The van der Waals surface area contributed by atoms with Gasteiger partial charge in [0.1, 0.15) is 0 Å². The maximum Gasteiger partial charge on any atom is 0.230 e. The van der Waals surface area contributed by atoms with Crippen LogP contribution in [0.4, 0.5) is 5.88 Å². The number of nitrogens with zero attached hydrogens (tertiary/aromatic N) is 1. The summed E-state index contributed by atoms with van der Waals surface area (Å²) < 4.78 is 5.15. The van der Waals surface area contributed by atoms with E-state index in [2.05, 4.69) is 12.1 Å². The Kier molecular flexibility index (Phi) is 5.48. The zero-order chi connectivity index (χ0) is 14.4. The fourth-order valence-electron chi connectivity index (χ4n) is 2.36. The molecule has 1 aromatic heterocycles. The maximum atomic E-state index is 6.24. The molecule has 2 rings (SSSR count). The fraction of sp³-hybridized carbons (Fsp3) is 0.438. The van der Waals surface area contributed by atoms with E-state index in [0.29, 0.717) is 10.9 Å². The second kappa shape index (κ2) is 7.34. The predicted molar refractivity (Wildman–Crippen MR) is 83.8 cm³/mol. The third kappa shape index (κ3) is 3.54. The van der Waals surface area contributed by atoms with E-state index >= 15 is 0 Å². The number of aromatic nitrogens is 1. The van der Waals surface area contributed by atoms with Gasteiger partial charge in [0.25, 0.3) is 0 Å². The summed E-state index contributed by atoms with van der Waals surface area (Å²) in [6.07, 6.45) is 7.00. The summed E-state index contributed by atoms with van der Waals surface area (Å²) in [6.45, 7) is 2.22. The summed E-state index contributed by atoms with van der Waals surface area (Å²) in [6, 6.07) is 7.65. The van der Waals surface area contributed by atoms with E-state index in [0.717, 1.165) is 29.7 Å². The number of rotatable bonds is 7. The van der Waals surface area contributed by atoms with Gasteiger partial charge in [0.2, 0.25) is 5.88 Å². The highest BCUT2D eigenvalue weighted by Crippen LogP contribution is 2.35. The summed E-state index contributed by atoms with van der Waals surface area (Å²) in [5, 5.41) is 4.77. The Morgan fingerprint density at radius 2 is 1.90 bits per heavy atom. The molecule has 0 amide bonds. The molecule has 0 unspecified atom stereocenters. The first-order valence-electron chi connectivity index (χ1n) is 7.23. The van der Waals surface area contributed by atoms with E-state index in [1.165, 1.54) is 25.7 Å². The molecule has 0 aliphatic carbocycles. The van der Waals surface area contributed by atoms with E-state index in [4.69, 9.17) is 21.9 Å². The molecule has 2 aromatic rings. The van der Waals surface area contributed by atoms with Crippen LogP contribution in [0.2, 0.25) is 5.02 Å². The molecule has 20 heavy (non-hydrogen) atoms. The lowest BCUT2D eigenvalue weighted by molar-refractivity contribution is 0.426. The number of nitrogens with two attached hydrogens (primary N) is 1. The van der Waals surface area contributed by atoms with Crippen molar-refractivity contribution in [2.75, 3.05) is 5.73 Å². The molecule has 0 bridgehead atoms. The van der Waals surface area contributed by atoms with Crippen LogP contribution in [-0.4, -0.2) is 5.16 Å².